The van der Waals surface area contributed by atoms with Gasteiger partial charge in [0, 0.05) is 5.25 Å². The lowest BCUT2D eigenvalue weighted by Crippen LogP contribution is -2.52. The number of rotatable bonds is 9. The lowest BCUT2D eigenvalue weighted by atomic mass is 9.94. The van der Waals surface area contributed by atoms with Crippen LogP contribution in [-0.2, 0) is 4.79 Å². The van der Waals surface area contributed by atoms with Crippen molar-refractivity contribution in [3.8, 4) is 0 Å². The molecule has 3 nitrogen and oxygen atoms in total. The molecule has 0 aromatic rings. The van der Waals surface area contributed by atoms with E-state index in [1.54, 1.807) is 0 Å². The number of carbonyl (C=O) groups is 1. The third-order valence-electron chi connectivity index (χ3n) is 3.84. The Kier molecular flexibility index (Phi) is 7.08. The highest BCUT2D eigenvalue weighted by Gasteiger charge is 2.28. The third-order valence-corrected chi connectivity index (χ3v) is 5.30. The summed E-state index contributed by atoms with van der Waals surface area (Å²) in [6.45, 7) is 4.72. The van der Waals surface area contributed by atoms with Crippen LogP contribution in [0.1, 0.15) is 58.8 Å². The first-order chi connectivity index (χ1) is 8.58. The number of hydrogen-bond donors (Lipinski definition) is 2. The molecule has 1 aliphatic rings. The SMILES string of the molecule is CCNC(C)(CCCCSC1CCCC1)C(N)=O. The van der Waals surface area contributed by atoms with Crippen LogP contribution in [0, 0.1) is 0 Å². The lowest BCUT2D eigenvalue weighted by Gasteiger charge is -2.27. The number of thioether (sulfide) groups is 1. The lowest BCUT2D eigenvalue weighted by molar-refractivity contribution is -0.124. The van der Waals surface area contributed by atoms with Gasteiger partial charge < -0.3 is 11.1 Å². The number of hydrogen-bond acceptors (Lipinski definition) is 3. The van der Waals surface area contributed by atoms with E-state index >= 15 is 0 Å². The van der Waals surface area contributed by atoms with Gasteiger partial charge in [-0.25, -0.2) is 0 Å². The predicted octanol–water partition coefficient (Wildman–Crippen LogP) is 2.69. The molecule has 106 valence electrons. The first-order valence-electron chi connectivity index (χ1n) is 7.25. The van der Waals surface area contributed by atoms with Gasteiger partial charge in [0.15, 0.2) is 0 Å². The minimum atomic E-state index is -0.521. The van der Waals surface area contributed by atoms with E-state index in [4.69, 9.17) is 5.73 Å². The molecule has 1 amide bonds. The Balaban J connectivity index is 2.12. The molecule has 0 radical (unpaired) electrons. The maximum atomic E-state index is 11.4. The van der Waals surface area contributed by atoms with E-state index in [0.29, 0.717) is 0 Å². The Morgan fingerprint density at radius 2 is 2.06 bits per heavy atom. The van der Waals surface area contributed by atoms with Crippen molar-refractivity contribution in [2.45, 2.75) is 69.6 Å². The van der Waals surface area contributed by atoms with Gasteiger partial charge in [-0.15, -0.1) is 0 Å². The Morgan fingerprint density at radius 1 is 1.39 bits per heavy atom. The minimum Gasteiger partial charge on any atom is -0.368 e. The second-order valence-corrected chi connectivity index (χ2v) is 6.87. The molecule has 1 fully saturated rings. The summed E-state index contributed by atoms with van der Waals surface area (Å²) < 4.78 is 0. The van der Waals surface area contributed by atoms with Crippen LogP contribution in [0.3, 0.4) is 0 Å². The number of amides is 1. The van der Waals surface area contributed by atoms with Crippen molar-refractivity contribution >= 4 is 17.7 Å². The third kappa shape index (κ3) is 5.19. The smallest absolute Gasteiger partial charge is 0.237 e. The molecule has 0 aromatic heterocycles. The maximum absolute atomic E-state index is 11.4. The van der Waals surface area contributed by atoms with E-state index in [1.807, 2.05) is 13.8 Å². The second kappa shape index (κ2) is 8.05. The summed E-state index contributed by atoms with van der Waals surface area (Å²) in [4.78, 5) is 11.4. The Labute approximate surface area is 116 Å². The number of nitrogens with two attached hydrogens (primary N) is 1. The number of likely N-dealkylation sites (N-methyl/N-ethyl adjacent to an activating group) is 1. The molecule has 3 N–H and O–H groups in total. The average molecular weight is 272 g/mol. The number of unbranched alkanes of at least 4 members (excludes halogenated alkanes) is 1. The molecule has 1 atom stereocenters. The molecule has 0 spiro atoms. The van der Waals surface area contributed by atoms with Crippen molar-refractivity contribution < 1.29 is 4.79 Å². The van der Waals surface area contributed by atoms with Gasteiger partial charge in [0.2, 0.25) is 5.91 Å². The molecule has 0 aliphatic heterocycles. The molecular formula is C14H28N2OS. The first-order valence-corrected chi connectivity index (χ1v) is 8.30. The van der Waals surface area contributed by atoms with Crippen molar-refractivity contribution in [3.63, 3.8) is 0 Å². The van der Waals surface area contributed by atoms with Crippen LogP contribution in [0.15, 0.2) is 0 Å². The summed E-state index contributed by atoms with van der Waals surface area (Å²) >= 11 is 2.12. The van der Waals surface area contributed by atoms with E-state index in [0.717, 1.165) is 24.6 Å². The number of nitrogens with one attached hydrogen (secondary N) is 1. The van der Waals surface area contributed by atoms with Crippen molar-refractivity contribution in [2.24, 2.45) is 5.73 Å². The molecule has 0 bridgehead atoms. The largest absolute Gasteiger partial charge is 0.368 e. The zero-order valence-corrected chi connectivity index (χ0v) is 12.7. The van der Waals surface area contributed by atoms with Gasteiger partial charge in [0.05, 0.1) is 5.54 Å². The monoisotopic (exact) mass is 272 g/mol. The molecule has 1 unspecified atom stereocenters. The fraction of sp³-hybridized carbons (Fsp3) is 0.929. The molecule has 1 aliphatic carbocycles. The standard InChI is InChI=1S/C14H28N2OS/c1-3-16-14(2,13(15)17)10-6-7-11-18-12-8-4-5-9-12/h12,16H,3-11H2,1-2H3,(H2,15,17). The summed E-state index contributed by atoms with van der Waals surface area (Å²) in [7, 11) is 0. The number of primary amides is 1. The van der Waals surface area contributed by atoms with Gasteiger partial charge in [0.1, 0.15) is 0 Å². The number of carbonyl (C=O) groups excluding carboxylic acids is 1. The van der Waals surface area contributed by atoms with Crippen LogP contribution in [0.25, 0.3) is 0 Å². The highest BCUT2D eigenvalue weighted by molar-refractivity contribution is 7.99. The first kappa shape index (κ1) is 15.8. The molecule has 0 heterocycles. The Bertz CT molecular complexity index is 254. The average Bonchev–Trinajstić information content (AvgIpc) is 2.81. The zero-order chi connectivity index (χ0) is 13.4. The van der Waals surface area contributed by atoms with Gasteiger partial charge in [0.25, 0.3) is 0 Å². The summed E-state index contributed by atoms with van der Waals surface area (Å²) in [6, 6.07) is 0. The van der Waals surface area contributed by atoms with E-state index in [1.165, 1.54) is 37.9 Å². The summed E-state index contributed by atoms with van der Waals surface area (Å²) in [5.74, 6) is 0.999. The minimum absolute atomic E-state index is 0.229. The molecular weight excluding hydrogens is 244 g/mol. The fourth-order valence-electron chi connectivity index (χ4n) is 2.57. The topological polar surface area (TPSA) is 55.1 Å². The molecule has 18 heavy (non-hydrogen) atoms. The van der Waals surface area contributed by atoms with Gasteiger partial charge in [-0.05, 0) is 44.9 Å². The van der Waals surface area contributed by atoms with Crippen LogP contribution in [0.5, 0.6) is 0 Å². The molecule has 4 heteroatoms. The van der Waals surface area contributed by atoms with Gasteiger partial charge >= 0.3 is 0 Å². The van der Waals surface area contributed by atoms with Crippen molar-refractivity contribution in [2.75, 3.05) is 12.3 Å². The van der Waals surface area contributed by atoms with Crippen molar-refractivity contribution in [1.29, 1.82) is 0 Å². The highest BCUT2D eigenvalue weighted by atomic mass is 32.2. The van der Waals surface area contributed by atoms with E-state index < -0.39 is 5.54 Å². The van der Waals surface area contributed by atoms with Crippen LogP contribution >= 0.6 is 11.8 Å². The summed E-state index contributed by atoms with van der Waals surface area (Å²) in [6.07, 6.45) is 8.75. The van der Waals surface area contributed by atoms with Gasteiger partial charge in [-0.3, -0.25) is 4.79 Å². The van der Waals surface area contributed by atoms with E-state index in [-0.39, 0.29) is 5.91 Å². The van der Waals surface area contributed by atoms with E-state index in [9.17, 15) is 4.79 Å². The molecule has 0 aromatic carbocycles. The van der Waals surface area contributed by atoms with Crippen LogP contribution in [0.2, 0.25) is 0 Å². The van der Waals surface area contributed by atoms with Crippen molar-refractivity contribution in [1.82, 2.24) is 5.32 Å². The second-order valence-electron chi connectivity index (χ2n) is 5.46. The highest BCUT2D eigenvalue weighted by Crippen LogP contribution is 2.30. The Morgan fingerprint density at radius 3 is 2.61 bits per heavy atom. The van der Waals surface area contributed by atoms with Crippen LogP contribution in [-0.4, -0.2) is 29.0 Å². The van der Waals surface area contributed by atoms with Crippen LogP contribution in [0.4, 0.5) is 0 Å². The predicted molar refractivity (Wildman–Crippen MR) is 79.8 cm³/mol. The fourth-order valence-corrected chi connectivity index (χ4v) is 3.95. The van der Waals surface area contributed by atoms with Gasteiger partial charge in [-0.2, -0.15) is 11.8 Å². The molecule has 1 saturated carbocycles. The molecule has 1 rings (SSSR count). The zero-order valence-electron chi connectivity index (χ0n) is 11.8. The summed E-state index contributed by atoms with van der Waals surface area (Å²) in [5.41, 5.74) is 4.94. The van der Waals surface area contributed by atoms with Gasteiger partial charge in [-0.1, -0.05) is 26.2 Å². The Hall–Kier alpha value is -0.220. The van der Waals surface area contributed by atoms with Crippen LogP contribution < -0.4 is 11.1 Å². The normalized spacial score (nSPS) is 19.9. The molecule has 0 saturated heterocycles. The summed E-state index contributed by atoms with van der Waals surface area (Å²) in [5, 5.41) is 4.11. The van der Waals surface area contributed by atoms with Crippen molar-refractivity contribution in [3.05, 3.63) is 0 Å². The quantitative estimate of drug-likeness (QED) is 0.635. The van der Waals surface area contributed by atoms with E-state index in [2.05, 4.69) is 17.1 Å². The maximum Gasteiger partial charge on any atom is 0.237 e.